The van der Waals surface area contributed by atoms with Crippen LogP contribution in [-0.2, 0) is 0 Å². The molecule has 2 N–H and O–H groups in total. The molecule has 2 aliphatic rings. The molecule has 0 aromatic rings. The fourth-order valence-corrected chi connectivity index (χ4v) is 3.39. The summed E-state index contributed by atoms with van der Waals surface area (Å²) < 4.78 is 0. The maximum atomic E-state index is 10.00. The second kappa shape index (κ2) is 6.17. The minimum absolute atomic E-state index is 0.118. The Bertz CT molecular complexity index is 234. The highest BCUT2D eigenvalue weighted by atomic mass is 16.3. The van der Waals surface area contributed by atoms with Crippen LogP contribution in [-0.4, -0.2) is 48.3 Å². The van der Waals surface area contributed by atoms with Crippen molar-refractivity contribution in [2.24, 2.45) is 5.92 Å². The van der Waals surface area contributed by atoms with Crippen molar-refractivity contribution in [2.45, 2.75) is 63.6 Å². The molecule has 1 heterocycles. The van der Waals surface area contributed by atoms with Crippen molar-refractivity contribution in [1.29, 1.82) is 0 Å². The van der Waals surface area contributed by atoms with Gasteiger partial charge in [0.05, 0.1) is 6.10 Å². The summed E-state index contributed by atoms with van der Waals surface area (Å²) in [5.41, 5.74) is 0. The normalized spacial score (nSPS) is 37.9. The Morgan fingerprint density at radius 1 is 1.18 bits per heavy atom. The zero-order valence-corrected chi connectivity index (χ0v) is 11.4. The summed E-state index contributed by atoms with van der Waals surface area (Å²) in [7, 11) is 2.22. The molecule has 3 nitrogen and oxygen atoms in total. The number of nitrogens with one attached hydrogen (secondary N) is 1. The van der Waals surface area contributed by atoms with Gasteiger partial charge < -0.3 is 15.3 Å². The Morgan fingerprint density at radius 2 is 1.94 bits per heavy atom. The lowest BCUT2D eigenvalue weighted by atomic mass is 9.88. The van der Waals surface area contributed by atoms with Gasteiger partial charge in [0.1, 0.15) is 0 Å². The van der Waals surface area contributed by atoms with Crippen molar-refractivity contribution in [2.75, 3.05) is 20.1 Å². The molecule has 0 radical (unpaired) electrons. The summed E-state index contributed by atoms with van der Waals surface area (Å²) in [4.78, 5) is 2.43. The molecule has 0 bridgehead atoms. The molecular formula is C14H28N2O. The molecule has 100 valence electrons. The van der Waals surface area contributed by atoms with Gasteiger partial charge in [0, 0.05) is 18.6 Å². The van der Waals surface area contributed by atoms with Crippen molar-refractivity contribution in [3.8, 4) is 0 Å². The van der Waals surface area contributed by atoms with E-state index in [1.54, 1.807) is 0 Å². The SMILES string of the molecule is CC(NC1CCCCC1O)C1CCCN(C)C1. The molecule has 2 fully saturated rings. The Labute approximate surface area is 106 Å². The smallest absolute Gasteiger partial charge is 0.0693 e. The van der Waals surface area contributed by atoms with E-state index in [2.05, 4.69) is 24.2 Å². The van der Waals surface area contributed by atoms with Crippen LogP contribution in [0.1, 0.15) is 45.4 Å². The molecule has 0 spiro atoms. The van der Waals surface area contributed by atoms with Crippen LogP contribution in [0.4, 0.5) is 0 Å². The second-order valence-corrected chi connectivity index (χ2v) is 6.08. The van der Waals surface area contributed by atoms with Crippen LogP contribution in [0, 0.1) is 5.92 Å². The van der Waals surface area contributed by atoms with E-state index in [4.69, 9.17) is 0 Å². The van der Waals surface area contributed by atoms with Crippen LogP contribution in [0.3, 0.4) is 0 Å². The Hall–Kier alpha value is -0.120. The predicted octanol–water partition coefficient (Wildman–Crippen LogP) is 1.61. The zero-order valence-electron chi connectivity index (χ0n) is 11.4. The third kappa shape index (κ3) is 3.67. The molecule has 0 amide bonds. The zero-order chi connectivity index (χ0) is 12.3. The van der Waals surface area contributed by atoms with Crippen LogP contribution >= 0.6 is 0 Å². The fourth-order valence-electron chi connectivity index (χ4n) is 3.39. The highest BCUT2D eigenvalue weighted by molar-refractivity contribution is 4.86. The Morgan fingerprint density at radius 3 is 2.65 bits per heavy atom. The van der Waals surface area contributed by atoms with Crippen LogP contribution in [0.5, 0.6) is 0 Å². The maximum absolute atomic E-state index is 10.00. The number of hydrogen-bond acceptors (Lipinski definition) is 3. The summed E-state index contributed by atoms with van der Waals surface area (Å²) in [6.45, 7) is 4.75. The molecular weight excluding hydrogens is 212 g/mol. The molecule has 1 saturated heterocycles. The van der Waals surface area contributed by atoms with E-state index in [9.17, 15) is 5.11 Å². The average Bonchev–Trinajstić information content (AvgIpc) is 2.32. The van der Waals surface area contributed by atoms with Crippen molar-refractivity contribution in [1.82, 2.24) is 10.2 Å². The second-order valence-electron chi connectivity index (χ2n) is 6.08. The van der Waals surface area contributed by atoms with Crippen LogP contribution < -0.4 is 5.32 Å². The van der Waals surface area contributed by atoms with E-state index in [1.165, 1.54) is 38.8 Å². The monoisotopic (exact) mass is 240 g/mol. The number of rotatable bonds is 3. The minimum atomic E-state index is -0.118. The third-order valence-corrected chi connectivity index (χ3v) is 4.57. The molecule has 4 atom stereocenters. The number of aliphatic hydroxyl groups is 1. The van der Waals surface area contributed by atoms with Crippen LogP contribution in [0.15, 0.2) is 0 Å². The highest BCUT2D eigenvalue weighted by Crippen LogP contribution is 2.23. The Balaban J connectivity index is 1.80. The standard InChI is InChI=1S/C14H28N2O/c1-11(12-6-5-9-16(2)10-12)15-13-7-3-4-8-14(13)17/h11-15,17H,3-10H2,1-2H3. The minimum Gasteiger partial charge on any atom is -0.392 e. The molecule has 0 aromatic heterocycles. The first-order valence-electron chi connectivity index (χ1n) is 7.29. The van der Waals surface area contributed by atoms with E-state index in [-0.39, 0.29) is 6.10 Å². The lowest BCUT2D eigenvalue weighted by Gasteiger charge is -2.38. The van der Waals surface area contributed by atoms with E-state index >= 15 is 0 Å². The number of aliphatic hydroxyl groups excluding tert-OH is 1. The average molecular weight is 240 g/mol. The highest BCUT2D eigenvalue weighted by Gasteiger charge is 2.28. The van der Waals surface area contributed by atoms with E-state index in [0.29, 0.717) is 12.1 Å². The van der Waals surface area contributed by atoms with E-state index in [0.717, 1.165) is 18.8 Å². The number of nitrogens with zero attached hydrogens (tertiary/aromatic N) is 1. The van der Waals surface area contributed by atoms with Crippen molar-refractivity contribution in [3.05, 3.63) is 0 Å². The first-order valence-corrected chi connectivity index (χ1v) is 7.29. The molecule has 1 saturated carbocycles. The summed E-state index contributed by atoms with van der Waals surface area (Å²) in [5.74, 6) is 0.753. The molecule has 1 aliphatic carbocycles. The number of hydrogen-bond donors (Lipinski definition) is 2. The van der Waals surface area contributed by atoms with Gasteiger partial charge in [-0.15, -0.1) is 0 Å². The molecule has 4 unspecified atom stereocenters. The summed E-state index contributed by atoms with van der Waals surface area (Å²) in [6, 6.07) is 0.876. The lowest BCUT2D eigenvalue weighted by molar-refractivity contribution is 0.0747. The summed E-state index contributed by atoms with van der Waals surface area (Å²) in [5, 5.41) is 13.7. The van der Waals surface area contributed by atoms with Crippen LogP contribution in [0.25, 0.3) is 0 Å². The van der Waals surface area contributed by atoms with Gasteiger partial charge in [-0.05, 0) is 52.1 Å². The van der Waals surface area contributed by atoms with Gasteiger partial charge in [-0.2, -0.15) is 0 Å². The van der Waals surface area contributed by atoms with Crippen molar-refractivity contribution >= 4 is 0 Å². The summed E-state index contributed by atoms with van der Waals surface area (Å²) >= 11 is 0. The largest absolute Gasteiger partial charge is 0.392 e. The summed E-state index contributed by atoms with van der Waals surface area (Å²) in [6.07, 6.45) is 7.13. The molecule has 1 aliphatic heterocycles. The van der Waals surface area contributed by atoms with Gasteiger partial charge in [0.25, 0.3) is 0 Å². The van der Waals surface area contributed by atoms with Gasteiger partial charge in [0.15, 0.2) is 0 Å². The van der Waals surface area contributed by atoms with E-state index < -0.39 is 0 Å². The molecule has 17 heavy (non-hydrogen) atoms. The Kier molecular flexibility index (Phi) is 4.83. The van der Waals surface area contributed by atoms with Crippen molar-refractivity contribution in [3.63, 3.8) is 0 Å². The maximum Gasteiger partial charge on any atom is 0.0693 e. The number of piperidine rings is 1. The molecule has 2 rings (SSSR count). The fraction of sp³-hybridized carbons (Fsp3) is 1.00. The van der Waals surface area contributed by atoms with Gasteiger partial charge in [-0.25, -0.2) is 0 Å². The van der Waals surface area contributed by atoms with Crippen molar-refractivity contribution < 1.29 is 5.11 Å². The quantitative estimate of drug-likeness (QED) is 0.787. The van der Waals surface area contributed by atoms with E-state index in [1.807, 2.05) is 0 Å². The molecule has 0 aromatic carbocycles. The van der Waals surface area contributed by atoms with Gasteiger partial charge >= 0.3 is 0 Å². The third-order valence-electron chi connectivity index (χ3n) is 4.57. The van der Waals surface area contributed by atoms with Gasteiger partial charge in [0.2, 0.25) is 0 Å². The molecule has 3 heteroatoms. The predicted molar refractivity (Wildman–Crippen MR) is 71.1 cm³/mol. The van der Waals surface area contributed by atoms with Gasteiger partial charge in [-0.1, -0.05) is 12.8 Å². The topological polar surface area (TPSA) is 35.5 Å². The first-order chi connectivity index (χ1) is 8.16. The van der Waals surface area contributed by atoms with Gasteiger partial charge in [-0.3, -0.25) is 0 Å². The lowest BCUT2D eigenvalue weighted by Crippen LogP contribution is -2.51. The van der Waals surface area contributed by atoms with Crippen LogP contribution in [0.2, 0.25) is 0 Å². The number of likely N-dealkylation sites (tertiary alicyclic amines) is 1. The first kappa shape index (κ1) is 13.3.